The SMILES string of the molecule is Cc1nccn1-c1ncc(CO)cn1. The number of nitrogens with zero attached hydrogens (tertiary/aromatic N) is 4. The van der Waals surface area contributed by atoms with Crippen LogP contribution < -0.4 is 0 Å². The van der Waals surface area contributed by atoms with Crippen molar-refractivity contribution in [2.24, 2.45) is 0 Å². The molecule has 1 N–H and O–H groups in total. The van der Waals surface area contributed by atoms with Crippen molar-refractivity contribution in [2.75, 3.05) is 0 Å². The molecule has 0 unspecified atom stereocenters. The van der Waals surface area contributed by atoms with E-state index in [1.54, 1.807) is 29.4 Å². The number of aliphatic hydroxyl groups is 1. The van der Waals surface area contributed by atoms with Gasteiger partial charge >= 0.3 is 0 Å². The minimum atomic E-state index is -0.0385. The lowest BCUT2D eigenvalue weighted by Crippen LogP contribution is -2.02. The lowest BCUT2D eigenvalue weighted by molar-refractivity contribution is 0.281. The fourth-order valence-electron chi connectivity index (χ4n) is 1.14. The molecule has 2 aromatic rings. The fraction of sp³-hybridized carbons (Fsp3) is 0.222. The Hall–Kier alpha value is -1.75. The Kier molecular flexibility index (Phi) is 2.24. The van der Waals surface area contributed by atoms with Crippen LogP contribution in [0.25, 0.3) is 5.95 Å². The highest BCUT2D eigenvalue weighted by Crippen LogP contribution is 2.04. The molecule has 0 saturated heterocycles. The Balaban J connectivity index is 2.39. The summed E-state index contributed by atoms with van der Waals surface area (Å²) in [4.78, 5) is 12.3. The van der Waals surface area contributed by atoms with Gasteiger partial charge in [-0.3, -0.25) is 4.57 Å². The fourth-order valence-corrected chi connectivity index (χ4v) is 1.14. The predicted octanol–water partition coefficient (Wildman–Crippen LogP) is 0.463. The first-order valence-electron chi connectivity index (χ1n) is 4.23. The predicted molar refractivity (Wildman–Crippen MR) is 49.8 cm³/mol. The summed E-state index contributed by atoms with van der Waals surface area (Å²) < 4.78 is 1.78. The average molecular weight is 190 g/mol. The molecule has 0 radical (unpaired) electrons. The Morgan fingerprint density at radius 3 is 2.50 bits per heavy atom. The smallest absolute Gasteiger partial charge is 0.235 e. The van der Waals surface area contributed by atoms with E-state index in [4.69, 9.17) is 5.11 Å². The summed E-state index contributed by atoms with van der Waals surface area (Å²) in [6.07, 6.45) is 6.69. The largest absolute Gasteiger partial charge is 0.392 e. The van der Waals surface area contributed by atoms with Gasteiger partial charge in [0.2, 0.25) is 5.95 Å². The zero-order chi connectivity index (χ0) is 9.97. The highest BCUT2D eigenvalue weighted by molar-refractivity contribution is 5.16. The van der Waals surface area contributed by atoms with Crippen molar-refractivity contribution in [1.82, 2.24) is 19.5 Å². The topological polar surface area (TPSA) is 63.8 Å². The molecule has 0 aromatic carbocycles. The summed E-state index contributed by atoms with van der Waals surface area (Å²) in [5.41, 5.74) is 0.700. The number of rotatable bonds is 2. The molecular weight excluding hydrogens is 180 g/mol. The molecule has 0 aliphatic rings. The van der Waals surface area contributed by atoms with Gasteiger partial charge in [-0.1, -0.05) is 0 Å². The van der Waals surface area contributed by atoms with Crippen molar-refractivity contribution < 1.29 is 5.11 Å². The molecule has 0 fully saturated rings. The van der Waals surface area contributed by atoms with E-state index in [0.717, 1.165) is 5.82 Å². The number of hydrogen-bond donors (Lipinski definition) is 1. The molecular formula is C9H10N4O. The van der Waals surface area contributed by atoms with Gasteiger partial charge in [0, 0.05) is 30.4 Å². The van der Waals surface area contributed by atoms with Crippen LogP contribution in [0.4, 0.5) is 0 Å². The molecule has 0 aliphatic heterocycles. The normalized spacial score (nSPS) is 10.4. The summed E-state index contributed by atoms with van der Waals surface area (Å²) in [6.45, 7) is 1.84. The van der Waals surface area contributed by atoms with Crippen LogP contribution in [-0.2, 0) is 6.61 Å². The highest BCUT2D eigenvalue weighted by Gasteiger charge is 2.02. The minimum absolute atomic E-state index is 0.0385. The van der Waals surface area contributed by atoms with E-state index >= 15 is 0 Å². The van der Waals surface area contributed by atoms with E-state index in [1.165, 1.54) is 0 Å². The lowest BCUT2D eigenvalue weighted by Gasteiger charge is -2.02. The second-order valence-corrected chi connectivity index (χ2v) is 2.89. The third-order valence-electron chi connectivity index (χ3n) is 1.92. The van der Waals surface area contributed by atoms with Crippen molar-refractivity contribution in [3.05, 3.63) is 36.2 Å². The Labute approximate surface area is 81.1 Å². The summed E-state index contributed by atoms with van der Waals surface area (Å²) in [5.74, 6) is 1.40. The van der Waals surface area contributed by atoms with Gasteiger partial charge in [0.05, 0.1) is 6.61 Å². The van der Waals surface area contributed by atoms with Crippen LogP contribution in [0.15, 0.2) is 24.8 Å². The number of aryl methyl sites for hydroxylation is 1. The summed E-state index contributed by atoms with van der Waals surface area (Å²) in [7, 11) is 0. The van der Waals surface area contributed by atoms with Crippen LogP contribution in [-0.4, -0.2) is 24.6 Å². The summed E-state index contributed by atoms with van der Waals surface area (Å²) in [6, 6.07) is 0. The van der Waals surface area contributed by atoms with Crippen LogP contribution in [0.5, 0.6) is 0 Å². The summed E-state index contributed by atoms with van der Waals surface area (Å²) >= 11 is 0. The molecule has 0 amide bonds. The molecule has 72 valence electrons. The van der Waals surface area contributed by atoms with E-state index < -0.39 is 0 Å². The van der Waals surface area contributed by atoms with Gasteiger partial charge in [0.25, 0.3) is 0 Å². The third kappa shape index (κ3) is 1.49. The first-order chi connectivity index (χ1) is 6.81. The number of aliphatic hydroxyl groups excluding tert-OH is 1. The van der Waals surface area contributed by atoms with Crippen LogP contribution in [0, 0.1) is 6.92 Å². The molecule has 14 heavy (non-hydrogen) atoms. The quantitative estimate of drug-likeness (QED) is 0.747. The van der Waals surface area contributed by atoms with Crippen molar-refractivity contribution in [3.63, 3.8) is 0 Å². The molecule has 0 atom stereocenters. The second kappa shape index (κ2) is 3.55. The Morgan fingerprint density at radius 2 is 2.00 bits per heavy atom. The molecule has 2 rings (SSSR count). The highest BCUT2D eigenvalue weighted by atomic mass is 16.3. The first kappa shape index (κ1) is 8.83. The second-order valence-electron chi connectivity index (χ2n) is 2.89. The maximum atomic E-state index is 8.81. The maximum absolute atomic E-state index is 8.81. The van der Waals surface area contributed by atoms with Gasteiger partial charge in [-0.15, -0.1) is 0 Å². The van der Waals surface area contributed by atoms with Gasteiger partial charge in [-0.05, 0) is 6.92 Å². The molecule has 2 heterocycles. The van der Waals surface area contributed by atoms with Gasteiger partial charge in [-0.2, -0.15) is 0 Å². The van der Waals surface area contributed by atoms with Crippen molar-refractivity contribution in [3.8, 4) is 5.95 Å². The van der Waals surface area contributed by atoms with E-state index in [0.29, 0.717) is 11.5 Å². The molecule has 0 aliphatic carbocycles. The zero-order valence-electron chi connectivity index (χ0n) is 7.75. The van der Waals surface area contributed by atoms with Crippen LogP contribution >= 0.6 is 0 Å². The third-order valence-corrected chi connectivity index (χ3v) is 1.92. The molecule has 5 heteroatoms. The van der Waals surface area contributed by atoms with Gasteiger partial charge < -0.3 is 5.11 Å². The number of hydrogen-bond acceptors (Lipinski definition) is 4. The molecule has 0 spiro atoms. The van der Waals surface area contributed by atoms with E-state index in [9.17, 15) is 0 Å². The van der Waals surface area contributed by atoms with Crippen molar-refractivity contribution in [2.45, 2.75) is 13.5 Å². The van der Waals surface area contributed by atoms with Crippen LogP contribution in [0.2, 0.25) is 0 Å². The molecule has 0 bridgehead atoms. The monoisotopic (exact) mass is 190 g/mol. The van der Waals surface area contributed by atoms with Crippen molar-refractivity contribution in [1.29, 1.82) is 0 Å². The van der Waals surface area contributed by atoms with E-state index in [2.05, 4.69) is 15.0 Å². The standard InChI is InChI=1S/C9H10N4O/c1-7-10-2-3-13(7)9-11-4-8(6-14)5-12-9/h2-5,14H,6H2,1H3. The number of imidazole rings is 1. The maximum Gasteiger partial charge on any atom is 0.235 e. The van der Waals surface area contributed by atoms with Gasteiger partial charge in [-0.25, -0.2) is 15.0 Å². The Morgan fingerprint density at radius 1 is 1.29 bits per heavy atom. The van der Waals surface area contributed by atoms with Crippen LogP contribution in [0.1, 0.15) is 11.4 Å². The zero-order valence-corrected chi connectivity index (χ0v) is 7.75. The molecule has 0 saturated carbocycles. The van der Waals surface area contributed by atoms with E-state index in [-0.39, 0.29) is 6.61 Å². The van der Waals surface area contributed by atoms with Gasteiger partial charge in [0.15, 0.2) is 0 Å². The lowest BCUT2D eigenvalue weighted by atomic mass is 10.4. The summed E-state index contributed by atoms with van der Waals surface area (Å²) in [5, 5.41) is 8.81. The Bertz CT molecular complexity index is 421. The molecule has 5 nitrogen and oxygen atoms in total. The number of aromatic nitrogens is 4. The van der Waals surface area contributed by atoms with Crippen molar-refractivity contribution >= 4 is 0 Å². The van der Waals surface area contributed by atoms with Crippen LogP contribution in [0.3, 0.4) is 0 Å². The first-order valence-corrected chi connectivity index (χ1v) is 4.23. The average Bonchev–Trinajstić information content (AvgIpc) is 2.65. The van der Waals surface area contributed by atoms with E-state index in [1.807, 2.05) is 6.92 Å². The van der Waals surface area contributed by atoms with Gasteiger partial charge in [0.1, 0.15) is 5.82 Å². The molecule has 2 aromatic heterocycles. The minimum Gasteiger partial charge on any atom is -0.392 e.